The molecule has 0 fully saturated rings. The molecule has 0 atom stereocenters. The number of nitrogen functional groups attached to an aromatic ring is 1. The Morgan fingerprint density at radius 2 is 2.36 bits per heavy atom. The van der Waals surface area contributed by atoms with Gasteiger partial charge in [-0.3, -0.25) is 15.1 Å². The molecule has 0 aliphatic rings. The van der Waals surface area contributed by atoms with Gasteiger partial charge in [-0.1, -0.05) is 11.8 Å². The van der Waals surface area contributed by atoms with Gasteiger partial charge in [0.1, 0.15) is 11.9 Å². The lowest BCUT2D eigenvalue weighted by Crippen LogP contribution is -1.99. The summed E-state index contributed by atoms with van der Waals surface area (Å²) in [5, 5.41) is 10.5. The molecule has 0 radical (unpaired) electrons. The first-order chi connectivity index (χ1) is 6.66. The van der Waals surface area contributed by atoms with E-state index in [9.17, 15) is 10.1 Å². The number of hydrogen-bond acceptors (Lipinski definition) is 5. The predicted octanol–water partition coefficient (Wildman–Crippen LogP) is 0.853. The van der Waals surface area contributed by atoms with Crippen LogP contribution in [0, 0.1) is 22.0 Å². The highest BCUT2D eigenvalue weighted by molar-refractivity contribution is 7.80. The summed E-state index contributed by atoms with van der Waals surface area (Å²) < 4.78 is 0. The standard InChI is InChI=1S/C8H7N3O2S/c9-8-6(2-1-3-14)4-10-5-7(8)11(12)13/h4-5,14H,3H2,(H2,9,10). The van der Waals surface area contributed by atoms with E-state index in [2.05, 4.69) is 29.5 Å². The van der Waals surface area contributed by atoms with Crippen molar-refractivity contribution in [2.75, 3.05) is 11.5 Å². The molecule has 2 N–H and O–H groups in total. The van der Waals surface area contributed by atoms with E-state index in [1.165, 1.54) is 6.20 Å². The Morgan fingerprint density at radius 3 is 2.93 bits per heavy atom. The zero-order chi connectivity index (χ0) is 10.6. The number of hydrogen-bond donors (Lipinski definition) is 2. The minimum Gasteiger partial charge on any atom is -0.392 e. The molecule has 1 aromatic heterocycles. The van der Waals surface area contributed by atoms with Crippen LogP contribution in [0.5, 0.6) is 0 Å². The fraction of sp³-hybridized carbons (Fsp3) is 0.125. The Labute approximate surface area is 85.9 Å². The molecule has 72 valence electrons. The number of aromatic nitrogens is 1. The van der Waals surface area contributed by atoms with Crippen LogP contribution in [0.15, 0.2) is 12.4 Å². The number of rotatable bonds is 1. The fourth-order valence-electron chi connectivity index (χ4n) is 0.839. The Bertz CT molecular complexity index is 422. The first kappa shape index (κ1) is 10.3. The molecule has 0 aliphatic carbocycles. The Hall–Kier alpha value is -1.74. The smallest absolute Gasteiger partial charge is 0.311 e. The van der Waals surface area contributed by atoms with Gasteiger partial charge in [-0.2, -0.15) is 12.6 Å². The van der Waals surface area contributed by atoms with Crippen molar-refractivity contribution in [3.8, 4) is 11.8 Å². The highest BCUT2D eigenvalue weighted by atomic mass is 32.1. The summed E-state index contributed by atoms with van der Waals surface area (Å²) in [4.78, 5) is 13.6. The highest BCUT2D eigenvalue weighted by Gasteiger charge is 2.13. The minimum absolute atomic E-state index is 0.0410. The zero-order valence-corrected chi connectivity index (χ0v) is 7.99. The van der Waals surface area contributed by atoms with E-state index >= 15 is 0 Å². The highest BCUT2D eigenvalue weighted by Crippen LogP contribution is 2.22. The van der Waals surface area contributed by atoms with Crippen LogP contribution in [0.1, 0.15) is 5.56 Å². The maximum atomic E-state index is 10.5. The molecular formula is C8H7N3O2S. The van der Waals surface area contributed by atoms with Gasteiger partial charge in [-0.05, 0) is 0 Å². The van der Waals surface area contributed by atoms with Crippen molar-refractivity contribution in [2.24, 2.45) is 0 Å². The molecular weight excluding hydrogens is 202 g/mol. The average Bonchev–Trinajstić information content (AvgIpc) is 2.16. The van der Waals surface area contributed by atoms with Gasteiger partial charge in [-0.15, -0.1) is 0 Å². The molecule has 0 saturated carbocycles. The normalized spacial score (nSPS) is 8.93. The summed E-state index contributed by atoms with van der Waals surface area (Å²) in [5.74, 6) is 5.65. The third-order valence-corrected chi connectivity index (χ3v) is 1.62. The lowest BCUT2D eigenvalue weighted by molar-refractivity contribution is -0.384. The van der Waals surface area contributed by atoms with E-state index in [1.807, 2.05) is 0 Å². The maximum absolute atomic E-state index is 10.5. The topological polar surface area (TPSA) is 82.0 Å². The lowest BCUT2D eigenvalue weighted by Gasteiger charge is -1.97. The molecule has 14 heavy (non-hydrogen) atoms. The fourth-order valence-corrected chi connectivity index (χ4v) is 0.918. The van der Waals surface area contributed by atoms with Crippen molar-refractivity contribution in [2.45, 2.75) is 0 Å². The molecule has 0 bridgehead atoms. The van der Waals surface area contributed by atoms with Crippen LogP contribution in [-0.4, -0.2) is 15.7 Å². The first-order valence-electron chi connectivity index (χ1n) is 3.64. The van der Waals surface area contributed by atoms with Crippen LogP contribution in [-0.2, 0) is 0 Å². The van der Waals surface area contributed by atoms with Gasteiger partial charge in [0.05, 0.1) is 16.2 Å². The minimum atomic E-state index is -0.589. The molecule has 0 aromatic carbocycles. The van der Waals surface area contributed by atoms with Gasteiger partial charge in [0, 0.05) is 6.20 Å². The van der Waals surface area contributed by atoms with Crippen LogP contribution >= 0.6 is 12.6 Å². The van der Waals surface area contributed by atoms with Crippen molar-refractivity contribution in [3.05, 3.63) is 28.1 Å². The first-order valence-corrected chi connectivity index (χ1v) is 4.27. The van der Waals surface area contributed by atoms with Gasteiger partial charge in [0.2, 0.25) is 0 Å². The van der Waals surface area contributed by atoms with Crippen LogP contribution in [0.25, 0.3) is 0 Å². The summed E-state index contributed by atoms with van der Waals surface area (Å²) in [6, 6.07) is 0. The van der Waals surface area contributed by atoms with Crippen LogP contribution in [0.2, 0.25) is 0 Å². The second-order valence-corrected chi connectivity index (χ2v) is 2.65. The Kier molecular flexibility index (Phi) is 3.31. The second kappa shape index (κ2) is 4.48. The quantitative estimate of drug-likeness (QED) is 0.311. The van der Waals surface area contributed by atoms with Gasteiger partial charge in [0.25, 0.3) is 0 Å². The van der Waals surface area contributed by atoms with Crippen molar-refractivity contribution < 1.29 is 4.92 Å². The van der Waals surface area contributed by atoms with Crippen molar-refractivity contribution in [3.63, 3.8) is 0 Å². The molecule has 0 spiro atoms. The number of thiol groups is 1. The van der Waals surface area contributed by atoms with E-state index in [-0.39, 0.29) is 11.4 Å². The molecule has 6 heteroatoms. The third kappa shape index (κ3) is 2.14. The predicted molar refractivity (Wildman–Crippen MR) is 56.0 cm³/mol. The van der Waals surface area contributed by atoms with E-state index in [4.69, 9.17) is 5.73 Å². The van der Waals surface area contributed by atoms with E-state index in [0.717, 1.165) is 6.20 Å². The molecule has 0 aliphatic heterocycles. The van der Waals surface area contributed by atoms with Crippen LogP contribution < -0.4 is 5.73 Å². The molecule has 0 unspecified atom stereocenters. The van der Waals surface area contributed by atoms with Crippen molar-refractivity contribution in [1.82, 2.24) is 4.98 Å². The van der Waals surface area contributed by atoms with E-state index in [1.54, 1.807) is 0 Å². The van der Waals surface area contributed by atoms with Crippen molar-refractivity contribution >= 4 is 24.0 Å². The number of anilines is 1. The molecule has 0 amide bonds. The molecule has 5 nitrogen and oxygen atoms in total. The Morgan fingerprint density at radius 1 is 1.64 bits per heavy atom. The van der Waals surface area contributed by atoms with E-state index < -0.39 is 4.92 Å². The average molecular weight is 209 g/mol. The monoisotopic (exact) mass is 209 g/mol. The molecule has 1 heterocycles. The molecule has 0 saturated heterocycles. The van der Waals surface area contributed by atoms with Crippen molar-refractivity contribution in [1.29, 1.82) is 0 Å². The summed E-state index contributed by atoms with van der Waals surface area (Å²) >= 11 is 3.88. The van der Waals surface area contributed by atoms with E-state index in [0.29, 0.717) is 11.3 Å². The number of nitro groups is 1. The maximum Gasteiger partial charge on any atom is 0.311 e. The Balaban J connectivity index is 3.20. The van der Waals surface area contributed by atoms with Gasteiger partial charge < -0.3 is 5.73 Å². The SMILES string of the molecule is Nc1c(C#CCS)cncc1[N+](=O)[O-]. The summed E-state index contributed by atoms with van der Waals surface area (Å²) in [5.41, 5.74) is 5.69. The number of nitrogens with two attached hydrogens (primary N) is 1. The number of pyridine rings is 1. The summed E-state index contributed by atoms with van der Waals surface area (Å²) in [6.45, 7) is 0. The van der Waals surface area contributed by atoms with Crippen LogP contribution in [0.3, 0.4) is 0 Å². The van der Waals surface area contributed by atoms with Crippen LogP contribution in [0.4, 0.5) is 11.4 Å². The zero-order valence-electron chi connectivity index (χ0n) is 7.10. The summed E-state index contributed by atoms with van der Waals surface area (Å²) in [7, 11) is 0. The lowest BCUT2D eigenvalue weighted by atomic mass is 10.2. The summed E-state index contributed by atoms with van der Waals surface area (Å²) in [6.07, 6.45) is 2.49. The van der Waals surface area contributed by atoms with Gasteiger partial charge >= 0.3 is 5.69 Å². The molecule has 1 rings (SSSR count). The second-order valence-electron chi connectivity index (χ2n) is 2.34. The van der Waals surface area contributed by atoms with Gasteiger partial charge in [0.15, 0.2) is 0 Å². The largest absolute Gasteiger partial charge is 0.392 e. The molecule has 1 aromatic rings. The van der Waals surface area contributed by atoms with Gasteiger partial charge in [-0.25, -0.2) is 0 Å². The third-order valence-electron chi connectivity index (χ3n) is 1.47. The number of nitrogens with zero attached hydrogens (tertiary/aromatic N) is 2.